The number of nitrogens with one attached hydrogen (secondary N) is 1. The van der Waals surface area contributed by atoms with Crippen LogP contribution in [0, 0.1) is 0 Å². The van der Waals surface area contributed by atoms with Crippen LogP contribution in [0.5, 0.6) is 11.5 Å². The number of nitrogens with zero attached hydrogens (tertiary/aromatic N) is 1. The van der Waals surface area contributed by atoms with Crippen LogP contribution in [0.1, 0.15) is 24.5 Å². The van der Waals surface area contributed by atoms with Crippen LogP contribution < -0.4 is 14.8 Å². The molecular weight excluding hydrogens is 499 g/mol. The molecule has 0 saturated carbocycles. The molecule has 0 bridgehead atoms. The van der Waals surface area contributed by atoms with Gasteiger partial charge >= 0.3 is 0 Å². The summed E-state index contributed by atoms with van der Waals surface area (Å²) >= 11 is 12.5. The van der Waals surface area contributed by atoms with Crippen LogP contribution in [0.25, 0.3) is 0 Å². The minimum absolute atomic E-state index is 0.112. The first-order valence-corrected chi connectivity index (χ1v) is 12.5. The van der Waals surface area contributed by atoms with Crippen molar-refractivity contribution < 1.29 is 19.1 Å². The molecule has 190 valence electrons. The number of amides is 2. The van der Waals surface area contributed by atoms with Crippen molar-refractivity contribution in [2.24, 2.45) is 0 Å². The van der Waals surface area contributed by atoms with Crippen LogP contribution in [0.3, 0.4) is 0 Å². The van der Waals surface area contributed by atoms with E-state index in [1.807, 2.05) is 43.3 Å². The first kappa shape index (κ1) is 27.4. The van der Waals surface area contributed by atoms with E-state index >= 15 is 0 Å². The normalized spacial score (nSPS) is 11.4. The number of ether oxygens (including phenoxy) is 2. The maximum absolute atomic E-state index is 13.6. The molecular formula is C28H30Cl2N2O4. The second-order valence-electron chi connectivity index (χ2n) is 8.19. The molecule has 3 aromatic rings. The maximum Gasteiger partial charge on any atom is 0.261 e. The Bertz CT molecular complexity index is 1160. The fourth-order valence-electron chi connectivity index (χ4n) is 3.71. The quantitative estimate of drug-likeness (QED) is 0.334. The molecule has 1 N–H and O–H groups in total. The average Bonchev–Trinajstić information content (AvgIpc) is 2.89. The Morgan fingerprint density at radius 3 is 2.33 bits per heavy atom. The van der Waals surface area contributed by atoms with Crippen LogP contribution in [-0.4, -0.2) is 43.0 Å². The van der Waals surface area contributed by atoms with Crippen LogP contribution in [0.15, 0.2) is 72.8 Å². The summed E-state index contributed by atoms with van der Waals surface area (Å²) in [6.45, 7) is 2.31. The molecule has 0 aromatic heterocycles. The molecule has 0 spiro atoms. The third-order valence-corrected chi connectivity index (χ3v) is 6.18. The monoisotopic (exact) mass is 528 g/mol. The summed E-state index contributed by atoms with van der Waals surface area (Å²) in [5.74, 6) is 0.350. The van der Waals surface area contributed by atoms with E-state index in [1.54, 1.807) is 36.4 Å². The Balaban J connectivity index is 1.93. The van der Waals surface area contributed by atoms with E-state index in [2.05, 4.69) is 5.32 Å². The summed E-state index contributed by atoms with van der Waals surface area (Å²) in [4.78, 5) is 28.5. The van der Waals surface area contributed by atoms with Gasteiger partial charge in [-0.15, -0.1) is 0 Å². The van der Waals surface area contributed by atoms with Crippen LogP contribution >= 0.6 is 23.2 Å². The van der Waals surface area contributed by atoms with Crippen molar-refractivity contribution in [1.82, 2.24) is 10.2 Å². The van der Waals surface area contributed by atoms with Gasteiger partial charge in [-0.25, -0.2) is 0 Å². The second kappa shape index (κ2) is 13.8. The van der Waals surface area contributed by atoms with Crippen molar-refractivity contribution in [3.8, 4) is 11.5 Å². The predicted octanol–water partition coefficient (Wildman–Crippen LogP) is 5.55. The lowest BCUT2D eigenvalue weighted by atomic mass is 10.0. The SMILES string of the molecule is CCCNC(=O)C(Cc1ccccc1)N(Cc1ccc(Cl)cc1Cl)C(=O)COc1ccccc1OC. The Morgan fingerprint density at radius 1 is 0.972 bits per heavy atom. The van der Waals surface area contributed by atoms with Crippen molar-refractivity contribution in [3.05, 3.63) is 94.0 Å². The molecule has 3 aromatic carbocycles. The number of halogens is 2. The molecule has 0 saturated heterocycles. The second-order valence-corrected chi connectivity index (χ2v) is 9.04. The van der Waals surface area contributed by atoms with E-state index in [0.29, 0.717) is 40.1 Å². The van der Waals surface area contributed by atoms with E-state index in [1.165, 1.54) is 12.0 Å². The fourth-order valence-corrected chi connectivity index (χ4v) is 4.18. The highest BCUT2D eigenvalue weighted by Crippen LogP contribution is 2.27. The highest BCUT2D eigenvalue weighted by atomic mass is 35.5. The molecule has 2 amide bonds. The number of para-hydroxylation sites is 2. The molecule has 0 aliphatic heterocycles. The lowest BCUT2D eigenvalue weighted by molar-refractivity contribution is -0.142. The summed E-state index contributed by atoms with van der Waals surface area (Å²) in [5, 5.41) is 3.85. The average molecular weight is 529 g/mol. The highest BCUT2D eigenvalue weighted by molar-refractivity contribution is 6.35. The lowest BCUT2D eigenvalue weighted by Crippen LogP contribution is -2.51. The van der Waals surface area contributed by atoms with Crippen molar-refractivity contribution in [2.45, 2.75) is 32.4 Å². The first-order chi connectivity index (χ1) is 17.4. The molecule has 0 fully saturated rings. The number of carbonyl (C=O) groups excluding carboxylic acids is 2. The van der Waals surface area contributed by atoms with Gasteiger partial charge in [0.25, 0.3) is 5.91 Å². The molecule has 0 aliphatic carbocycles. The standard InChI is InChI=1S/C28H30Cl2N2O4/c1-3-15-31-28(34)24(16-20-9-5-4-6-10-20)32(18-21-13-14-22(29)17-23(21)30)27(33)19-36-26-12-8-7-11-25(26)35-2/h4-14,17,24H,3,15-16,18-19H2,1-2H3,(H,31,34). The minimum Gasteiger partial charge on any atom is -0.493 e. The Kier molecular flexibility index (Phi) is 10.5. The molecule has 0 heterocycles. The third-order valence-electron chi connectivity index (χ3n) is 5.60. The number of methoxy groups -OCH3 is 1. The van der Waals surface area contributed by atoms with E-state index in [0.717, 1.165) is 12.0 Å². The molecule has 1 atom stereocenters. The zero-order valence-electron chi connectivity index (χ0n) is 20.4. The summed E-state index contributed by atoms with van der Waals surface area (Å²) in [5.41, 5.74) is 1.60. The molecule has 3 rings (SSSR count). The first-order valence-electron chi connectivity index (χ1n) is 11.7. The maximum atomic E-state index is 13.6. The molecule has 1 unspecified atom stereocenters. The van der Waals surface area contributed by atoms with Crippen molar-refractivity contribution in [2.75, 3.05) is 20.3 Å². The lowest BCUT2D eigenvalue weighted by Gasteiger charge is -2.31. The number of hydrogen-bond acceptors (Lipinski definition) is 4. The number of hydrogen-bond donors (Lipinski definition) is 1. The Labute approximate surface area is 222 Å². The van der Waals surface area contributed by atoms with Crippen LogP contribution in [0.4, 0.5) is 0 Å². The smallest absolute Gasteiger partial charge is 0.261 e. The predicted molar refractivity (Wildman–Crippen MR) is 143 cm³/mol. The topological polar surface area (TPSA) is 67.9 Å². The van der Waals surface area contributed by atoms with Gasteiger partial charge in [0.2, 0.25) is 5.91 Å². The van der Waals surface area contributed by atoms with Crippen molar-refractivity contribution in [1.29, 1.82) is 0 Å². The number of rotatable bonds is 12. The Hall–Kier alpha value is -3.22. The van der Waals surface area contributed by atoms with Gasteiger partial charge in [-0.2, -0.15) is 0 Å². The molecule has 0 aliphatic rings. The van der Waals surface area contributed by atoms with Crippen LogP contribution in [0.2, 0.25) is 10.0 Å². The van der Waals surface area contributed by atoms with E-state index in [4.69, 9.17) is 32.7 Å². The minimum atomic E-state index is -0.778. The van der Waals surface area contributed by atoms with E-state index in [9.17, 15) is 9.59 Å². The Morgan fingerprint density at radius 2 is 1.67 bits per heavy atom. The molecule has 8 heteroatoms. The molecule has 36 heavy (non-hydrogen) atoms. The fraction of sp³-hybridized carbons (Fsp3) is 0.286. The molecule has 0 radical (unpaired) electrons. The molecule has 6 nitrogen and oxygen atoms in total. The summed E-state index contributed by atoms with van der Waals surface area (Å²) in [7, 11) is 1.53. The van der Waals surface area contributed by atoms with E-state index in [-0.39, 0.29) is 25.0 Å². The van der Waals surface area contributed by atoms with Gasteiger partial charge in [-0.1, -0.05) is 78.7 Å². The number of carbonyl (C=O) groups is 2. The highest BCUT2D eigenvalue weighted by Gasteiger charge is 2.31. The van der Waals surface area contributed by atoms with Gasteiger partial charge in [-0.05, 0) is 41.8 Å². The van der Waals surface area contributed by atoms with Crippen LogP contribution in [-0.2, 0) is 22.6 Å². The summed E-state index contributed by atoms with van der Waals surface area (Å²) in [6.07, 6.45) is 1.11. The largest absolute Gasteiger partial charge is 0.493 e. The zero-order valence-corrected chi connectivity index (χ0v) is 21.9. The van der Waals surface area contributed by atoms with Crippen molar-refractivity contribution in [3.63, 3.8) is 0 Å². The van der Waals surface area contributed by atoms with Crippen molar-refractivity contribution >= 4 is 35.0 Å². The van der Waals surface area contributed by atoms with Gasteiger partial charge in [0.15, 0.2) is 18.1 Å². The number of benzene rings is 3. The summed E-state index contributed by atoms with van der Waals surface area (Å²) in [6, 6.07) is 21.0. The summed E-state index contributed by atoms with van der Waals surface area (Å²) < 4.78 is 11.1. The van der Waals surface area contributed by atoms with E-state index < -0.39 is 6.04 Å². The third kappa shape index (κ3) is 7.64. The van der Waals surface area contributed by atoms with Gasteiger partial charge in [0.05, 0.1) is 7.11 Å². The van der Waals surface area contributed by atoms with Gasteiger partial charge in [0, 0.05) is 29.6 Å². The van der Waals surface area contributed by atoms with Gasteiger partial charge in [0.1, 0.15) is 6.04 Å². The van der Waals surface area contributed by atoms with Gasteiger partial charge in [-0.3, -0.25) is 9.59 Å². The zero-order chi connectivity index (χ0) is 25.9. The van der Waals surface area contributed by atoms with Gasteiger partial charge < -0.3 is 19.7 Å².